The fraction of sp³-hybridized carbons (Fsp3) is 0.600. The fourth-order valence-corrected chi connectivity index (χ4v) is 3.65. The first-order valence-electron chi connectivity index (χ1n) is 6.90. The molecular formula is C15H18Cl2O2. The molecule has 1 saturated heterocycles. The molecule has 2 nitrogen and oxygen atoms in total. The second-order valence-electron chi connectivity index (χ2n) is 5.50. The lowest BCUT2D eigenvalue weighted by Crippen LogP contribution is -2.33. The van der Waals surface area contributed by atoms with Crippen LogP contribution < -0.4 is 0 Å². The Hall–Kier alpha value is -0.280. The standard InChI is InChI=1S/C15H18Cl2O2/c1-10-14(12-6-5-11(16)9-13(12)17)19-15(18-10)7-3-2-4-8-15/h5-6,9-10,14H,2-4,7-8H2,1H3. The third-order valence-corrected chi connectivity index (χ3v) is 4.62. The predicted octanol–water partition coefficient (Wildman–Crippen LogP) is 5.13. The summed E-state index contributed by atoms with van der Waals surface area (Å²) in [6.07, 6.45) is 5.52. The van der Waals surface area contributed by atoms with E-state index in [1.165, 1.54) is 19.3 Å². The van der Waals surface area contributed by atoms with E-state index in [4.69, 9.17) is 32.7 Å². The molecule has 2 aliphatic rings. The van der Waals surface area contributed by atoms with Crippen LogP contribution in [0.15, 0.2) is 18.2 Å². The summed E-state index contributed by atoms with van der Waals surface area (Å²) in [6, 6.07) is 5.56. The van der Waals surface area contributed by atoms with Gasteiger partial charge in [0.05, 0.1) is 6.10 Å². The molecule has 0 N–H and O–H groups in total. The van der Waals surface area contributed by atoms with Crippen molar-refractivity contribution in [2.75, 3.05) is 0 Å². The summed E-state index contributed by atoms with van der Waals surface area (Å²) in [5.41, 5.74) is 0.973. The number of benzene rings is 1. The van der Waals surface area contributed by atoms with Crippen LogP contribution in [0.25, 0.3) is 0 Å². The van der Waals surface area contributed by atoms with Gasteiger partial charge in [-0.15, -0.1) is 0 Å². The maximum atomic E-state index is 6.28. The lowest BCUT2D eigenvalue weighted by Gasteiger charge is -2.31. The van der Waals surface area contributed by atoms with E-state index in [0.717, 1.165) is 18.4 Å². The molecule has 0 amide bonds. The quantitative estimate of drug-likeness (QED) is 0.716. The molecule has 1 spiro atoms. The molecule has 1 aromatic carbocycles. The first-order valence-corrected chi connectivity index (χ1v) is 7.66. The molecule has 1 aliphatic carbocycles. The van der Waals surface area contributed by atoms with Crippen LogP contribution in [-0.4, -0.2) is 11.9 Å². The van der Waals surface area contributed by atoms with Gasteiger partial charge in [0.15, 0.2) is 5.79 Å². The number of ether oxygens (including phenoxy) is 2. The van der Waals surface area contributed by atoms with Crippen LogP contribution in [0.1, 0.15) is 50.7 Å². The fourth-order valence-electron chi connectivity index (χ4n) is 3.13. The lowest BCUT2D eigenvalue weighted by molar-refractivity contribution is -0.193. The Kier molecular flexibility index (Phi) is 3.78. The van der Waals surface area contributed by atoms with Crippen LogP contribution in [-0.2, 0) is 9.47 Å². The minimum absolute atomic E-state index is 0.0248. The number of halogens is 2. The Morgan fingerprint density at radius 2 is 1.84 bits per heavy atom. The maximum Gasteiger partial charge on any atom is 0.169 e. The van der Waals surface area contributed by atoms with Gasteiger partial charge in [-0.25, -0.2) is 0 Å². The highest BCUT2D eigenvalue weighted by molar-refractivity contribution is 6.35. The molecule has 1 saturated carbocycles. The van der Waals surface area contributed by atoms with E-state index in [1.807, 2.05) is 12.1 Å². The summed E-state index contributed by atoms with van der Waals surface area (Å²) in [4.78, 5) is 0. The summed E-state index contributed by atoms with van der Waals surface area (Å²) in [5, 5.41) is 1.30. The molecule has 104 valence electrons. The van der Waals surface area contributed by atoms with Crippen molar-refractivity contribution in [3.63, 3.8) is 0 Å². The summed E-state index contributed by atoms with van der Waals surface area (Å²) in [5.74, 6) is -0.384. The van der Waals surface area contributed by atoms with Crippen molar-refractivity contribution in [1.29, 1.82) is 0 Å². The van der Waals surface area contributed by atoms with Gasteiger partial charge in [0.25, 0.3) is 0 Å². The van der Waals surface area contributed by atoms with E-state index in [2.05, 4.69) is 6.92 Å². The van der Waals surface area contributed by atoms with Crippen molar-refractivity contribution in [3.8, 4) is 0 Å². The van der Waals surface area contributed by atoms with E-state index in [9.17, 15) is 0 Å². The minimum Gasteiger partial charge on any atom is -0.344 e. The largest absolute Gasteiger partial charge is 0.344 e. The van der Waals surface area contributed by atoms with E-state index in [0.29, 0.717) is 10.0 Å². The van der Waals surface area contributed by atoms with Crippen LogP contribution in [0.3, 0.4) is 0 Å². The van der Waals surface area contributed by atoms with Crippen molar-refractivity contribution in [2.45, 2.75) is 57.0 Å². The van der Waals surface area contributed by atoms with E-state index < -0.39 is 0 Å². The molecule has 1 aromatic rings. The second kappa shape index (κ2) is 5.25. The molecule has 0 radical (unpaired) electrons. The zero-order valence-electron chi connectivity index (χ0n) is 11.0. The Balaban J connectivity index is 1.85. The highest BCUT2D eigenvalue weighted by atomic mass is 35.5. The molecule has 19 heavy (non-hydrogen) atoms. The van der Waals surface area contributed by atoms with Gasteiger partial charge in [-0.05, 0) is 31.9 Å². The Morgan fingerprint density at radius 1 is 1.11 bits per heavy atom. The smallest absolute Gasteiger partial charge is 0.169 e. The van der Waals surface area contributed by atoms with Gasteiger partial charge >= 0.3 is 0 Å². The first kappa shape index (κ1) is 13.7. The van der Waals surface area contributed by atoms with Gasteiger partial charge < -0.3 is 9.47 Å². The normalized spacial score (nSPS) is 29.8. The average molecular weight is 301 g/mol. The van der Waals surface area contributed by atoms with Crippen LogP contribution >= 0.6 is 23.2 Å². The number of rotatable bonds is 1. The zero-order chi connectivity index (χ0) is 13.5. The third-order valence-electron chi connectivity index (χ3n) is 4.05. The van der Waals surface area contributed by atoms with Crippen LogP contribution in [0.2, 0.25) is 10.0 Å². The van der Waals surface area contributed by atoms with Gasteiger partial charge in [0.1, 0.15) is 6.10 Å². The summed E-state index contributed by atoms with van der Waals surface area (Å²) >= 11 is 12.2. The van der Waals surface area contributed by atoms with Crippen LogP contribution in [0, 0.1) is 0 Å². The molecule has 2 fully saturated rings. The maximum absolute atomic E-state index is 6.28. The van der Waals surface area contributed by atoms with Crippen LogP contribution in [0.5, 0.6) is 0 Å². The van der Waals surface area contributed by atoms with Crippen molar-refractivity contribution >= 4 is 23.2 Å². The molecule has 2 atom stereocenters. The molecular weight excluding hydrogens is 283 g/mol. The van der Waals surface area contributed by atoms with Crippen molar-refractivity contribution in [2.24, 2.45) is 0 Å². The van der Waals surface area contributed by atoms with Gasteiger partial charge in [0.2, 0.25) is 0 Å². The topological polar surface area (TPSA) is 18.5 Å². The Morgan fingerprint density at radius 3 is 2.53 bits per heavy atom. The molecule has 2 unspecified atom stereocenters. The number of hydrogen-bond donors (Lipinski definition) is 0. The highest BCUT2D eigenvalue weighted by Crippen LogP contribution is 2.47. The molecule has 3 rings (SSSR count). The van der Waals surface area contributed by atoms with Crippen molar-refractivity contribution < 1.29 is 9.47 Å². The highest BCUT2D eigenvalue weighted by Gasteiger charge is 2.47. The monoisotopic (exact) mass is 300 g/mol. The SMILES string of the molecule is CC1OC2(CCCCC2)OC1c1ccc(Cl)cc1Cl. The molecule has 1 aliphatic heterocycles. The van der Waals surface area contributed by atoms with Gasteiger partial charge in [-0.1, -0.05) is 35.7 Å². The predicted molar refractivity (Wildman–Crippen MR) is 76.7 cm³/mol. The van der Waals surface area contributed by atoms with Crippen molar-refractivity contribution in [1.82, 2.24) is 0 Å². The van der Waals surface area contributed by atoms with Gasteiger partial charge in [0, 0.05) is 28.5 Å². The molecule has 0 aromatic heterocycles. The summed E-state index contributed by atoms with van der Waals surface area (Å²) in [6.45, 7) is 2.05. The molecule has 1 heterocycles. The van der Waals surface area contributed by atoms with Crippen molar-refractivity contribution in [3.05, 3.63) is 33.8 Å². The van der Waals surface area contributed by atoms with Gasteiger partial charge in [-0.3, -0.25) is 0 Å². The van der Waals surface area contributed by atoms with E-state index in [1.54, 1.807) is 6.07 Å². The van der Waals surface area contributed by atoms with Crippen LogP contribution in [0.4, 0.5) is 0 Å². The zero-order valence-corrected chi connectivity index (χ0v) is 12.5. The summed E-state index contributed by atoms with van der Waals surface area (Å²) in [7, 11) is 0. The van der Waals surface area contributed by atoms with E-state index >= 15 is 0 Å². The number of hydrogen-bond acceptors (Lipinski definition) is 2. The summed E-state index contributed by atoms with van der Waals surface area (Å²) < 4.78 is 12.4. The minimum atomic E-state index is -0.384. The third kappa shape index (κ3) is 2.64. The molecule has 4 heteroatoms. The van der Waals surface area contributed by atoms with Gasteiger partial charge in [-0.2, -0.15) is 0 Å². The second-order valence-corrected chi connectivity index (χ2v) is 6.34. The Labute approximate surface area is 124 Å². The Bertz CT molecular complexity index is 469. The van der Waals surface area contributed by atoms with E-state index in [-0.39, 0.29) is 18.0 Å². The lowest BCUT2D eigenvalue weighted by atomic mass is 9.94. The molecule has 0 bridgehead atoms. The average Bonchev–Trinajstić information content (AvgIpc) is 2.67. The first-order chi connectivity index (χ1) is 9.10.